The van der Waals surface area contributed by atoms with Crippen molar-refractivity contribution >= 4 is 27.9 Å². The van der Waals surface area contributed by atoms with Gasteiger partial charge >= 0.3 is 11.9 Å². The molecule has 0 unspecified atom stereocenters. The molecule has 0 aliphatic carbocycles. The zero-order chi connectivity index (χ0) is 19.3. The Bertz CT molecular complexity index is 799. The number of carbonyl (C=O) groups is 3. The van der Waals surface area contributed by atoms with Gasteiger partial charge in [-0.2, -0.15) is 4.31 Å². The van der Waals surface area contributed by atoms with E-state index in [0.29, 0.717) is 0 Å². The minimum atomic E-state index is -3.29. The second kappa shape index (κ2) is 8.28. The van der Waals surface area contributed by atoms with Crippen molar-refractivity contribution in [3.05, 3.63) is 35.4 Å². The lowest BCUT2D eigenvalue weighted by molar-refractivity contribution is -0.135. The third-order valence-corrected chi connectivity index (χ3v) is 5.24. The van der Waals surface area contributed by atoms with Crippen LogP contribution in [-0.2, 0) is 24.3 Å². The van der Waals surface area contributed by atoms with Gasteiger partial charge < -0.3 is 14.4 Å². The van der Waals surface area contributed by atoms with Crippen LogP contribution in [0.4, 0.5) is 0 Å². The van der Waals surface area contributed by atoms with Gasteiger partial charge in [0.15, 0.2) is 6.61 Å². The standard InChI is InChI=1S/C16H20N2O7S/c1-24-15(20)12-5-3-4-6-13(12)16(21)25-11-14(19)17-7-9-18(10-8-17)26(2,22)23/h3-6H,7-11H2,1-2H3. The number of ether oxygens (including phenoxy) is 2. The van der Waals surface area contributed by atoms with Crippen molar-refractivity contribution in [3.8, 4) is 0 Å². The summed E-state index contributed by atoms with van der Waals surface area (Å²) in [5, 5.41) is 0. The monoisotopic (exact) mass is 384 g/mol. The van der Waals surface area contributed by atoms with Crippen LogP contribution in [0.15, 0.2) is 24.3 Å². The fraction of sp³-hybridized carbons (Fsp3) is 0.438. The lowest BCUT2D eigenvalue weighted by Crippen LogP contribution is -2.51. The molecule has 1 aromatic rings. The van der Waals surface area contributed by atoms with Crippen LogP contribution in [0.25, 0.3) is 0 Å². The van der Waals surface area contributed by atoms with E-state index >= 15 is 0 Å². The van der Waals surface area contributed by atoms with Crippen LogP contribution in [0, 0.1) is 0 Å². The number of nitrogens with zero attached hydrogens (tertiary/aromatic N) is 2. The van der Waals surface area contributed by atoms with E-state index in [1.54, 1.807) is 12.1 Å². The Morgan fingerprint density at radius 3 is 2.04 bits per heavy atom. The summed E-state index contributed by atoms with van der Waals surface area (Å²) in [7, 11) is -2.09. The van der Waals surface area contributed by atoms with E-state index in [-0.39, 0.29) is 37.3 Å². The molecule has 1 heterocycles. The van der Waals surface area contributed by atoms with E-state index in [0.717, 1.165) is 6.26 Å². The summed E-state index contributed by atoms with van der Waals surface area (Å²) in [6, 6.07) is 5.98. The van der Waals surface area contributed by atoms with Crippen molar-refractivity contribution in [2.45, 2.75) is 0 Å². The smallest absolute Gasteiger partial charge is 0.339 e. The van der Waals surface area contributed by atoms with E-state index in [2.05, 4.69) is 4.74 Å². The average molecular weight is 384 g/mol. The molecule has 1 aliphatic rings. The summed E-state index contributed by atoms with van der Waals surface area (Å²) in [6.45, 7) is 0.352. The van der Waals surface area contributed by atoms with Crippen molar-refractivity contribution in [1.29, 1.82) is 0 Å². The van der Waals surface area contributed by atoms with Crippen molar-refractivity contribution in [1.82, 2.24) is 9.21 Å². The van der Waals surface area contributed by atoms with Gasteiger partial charge in [-0.15, -0.1) is 0 Å². The van der Waals surface area contributed by atoms with E-state index in [4.69, 9.17) is 4.74 Å². The first kappa shape index (κ1) is 19.9. The molecule has 1 saturated heterocycles. The third kappa shape index (κ3) is 4.79. The van der Waals surface area contributed by atoms with Gasteiger partial charge in [-0.3, -0.25) is 4.79 Å². The number of hydrogen-bond acceptors (Lipinski definition) is 7. The highest BCUT2D eigenvalue weighted by Gasteiger charge is 2.27. The Morgan fingerprint density at radius 2 is 1.54 bits per heavy atom. The van der Waals surface area contributed by atoms with E-state index in [9.17, 15) is 22.8 Å². The van der Waals surface area contributed by atoms with Gasteiger partial charge in [-0.1, -0.05) is 12.1 Å². The number of piperazine rings is 1. The molecule has 1 aliphatic heterocycles. The molecule has 9 nitrogen and oxygen atoms in total. The predicted molar refractivity (Wildman–Crippen MR) is 91.1 cm³/mol. The number of hydrogen-bond donors (Lipinski definition) is 0. The molecular formula is C16H20N2O7S. The summed E-state index contributed by atoms with van der Waals surface area (Å²) in [5.74, 6) is -1.92. The Labute approximate surface area is 151 Å². The Morgan fingerprint density at radius 1 is 1.00 bits per heavy atom. The fourth-order valence-electron chi connectivity index (χ4n) is 2.51. The minimum absolute atomic E-state index is 0.00838. The van der Waals surface area contributed by atoms with Crippen LogP contribution in [0.1, 0.15) is 20.7 Å². The molecule has 142 valence electrons. The maximum Gasteiger partial charge on any atom is 0.339 e. The van der Waals surface area contributed by atoms with Gasteiger partial charge in [0.25, 0.3) is 5.91 Å². The van der Waals surface area contributed by atoms with Gasteiger partial charge in [-0.25, -0.2) is 18.0 Å². The first-order chi connectivity index (χ1) is 12.2. The number of methoxy groups -OCH3 is 1. The van der Waals surface area contributed by atoms with Gasteiger partial charge in [-0.05, 0) is 12.1 Å². The van der Waals surface area contributed by atoms with Crippen LogP contribution in [0.5, 0.6) is 0 Å². The second-order valence-electron chi connectivity index (χ2n) is 5.66. The molecule has 1 amide bonds. The lowest BCUT2D eigenvalue weighted by Gasteiger charge is -2.33. The number of amides is 1. The van der Waals surface area contributed by atoms with Crippen molar-refractivity contribution in [2.24, 2.45) is 0 Å². The van der Waals surface area contributed by atoms with Gasteiger partial charge in [0.05, 0.1) is 24.5 Å². The minimum Gasteiger partial charge on any atom is -0.465 e. The molecule has 0 radical (unpaired) electrons. The average Bonchev–Trinajstić information content (AvgIpc) is 2.64. The molecular weight excluding hydrogens is 364 g/mol. The number of sulfonamides is 1. The van der Waals surface area contributed by atoms with Crippen molar-refractivity contribution in [2.75, 3.05) is 46.2 Å². The quantitative estimate of drug-likeness (QED) is 0.643. The Kier molecular flexibility index (Phi) is 6.32. The molecule has 0 spiro atoms. The normalized spacial score (nSPS) is 15.4. The molecule has 0 saturated carbocycles. The number of benzene rings is 1. The zero-order valence-corrected chi connectivity index (χ0v) is 15.3. The van der Waals surface area contributed by atoms with Gasteiger partial charge in [0, 0.05) is 26.2 Å². The molecule has 1 aromatic carbocycles. The third-order valence-electron chi connectivity index (χ3n) is 3.94. The summed E-state index contributed by atoms with van der Waals surface area (Å²) in [4.78, 5) is 37.4. The van der Waals surface area contributed by atoms with Crippen LogP contribution in [0.2, 0.25) is 0 Å². The molecule has 1 fully saturated rings. The maximum absolute atomic E-state index is 12.2. The summed E-state index contributed by atoms with van der Waals surface area (Å²) in [5.41, 5.74) is 0.0586. The second-order valence-corrected chi connectivity index (χ2v) is 7.64. The Balaban J connectivity index is 1.92. The summed E-state index contributed by atoms with van der Waals surface area (Å²) >= 11 is 0. The van der Waals surface area contributed by atoms with Crippen molar-refractivity contribution in [3.63, 3.8) is 0 Å². The molecule has 10 heteroatoms. The SMILES string of the molecule is COC(=O)c1ccccc1C(=O)OCC(=O)N1CCN(S(C)(=O)=O)CC1. The van der Waals surface area contributed by atoms with E-state index in [1.165, 1.54) is 28.4 Å². The molecule has 0 N–H and O–H groups in total. The molecule has 2 rings (SSSR count). The van der Waals surface area contributed by atoms with Crippen LogP contribution >= 0.6 is 0 Å². The zero-order valence-electron chi connectivity index (χ0n) is 14.5. The topological polar surface area (TPSA) is 110 Å². The van der Waals surface area contributed by atoms with E-state index in [1.807, 2.05) is 0 Å². The van der Waals surface area contributed by atoms with E-state index < -0.39 is 34.5 Å². The predicted octanol–water partition coefficient (Wildman–Crippen LogP) is -0.266. The highest BCUT2D eigenvalue weighted by molar-refractivity contribution is 7.88. The molecule has 0 aromatic heterocycles. The largest absolute Gasteiger partial charge is 0.465 e. The first-order valence-electron chi connectivity index (χ1n) is 7.81. The summed E-state index contributed by atoms with van der Waals surface area (Å²) < 4.78 is 33.8. The van der Waals surface area contributed by atoms with Gasteiger partial charge in [0.1, 0.15) is 0 Å². The molecule has 0 bridgehead atoms. The molecule has 0 atom stereocenters. The lowest BCUT2D eigenvalue weighted by atomic mass is 10.1. The Hall–Kier alpha value is -2.46. The maximum atomic E-state index is 12.2. The highest BCUT2D eigenvalue weighted by Crippen LogP contribution is 2.12. The van der Waals surface area contributed by atoms with Crippen LogP contribution in [-0.4, -0.2) is 81.6 Å². The van der Waals surface area contributed by atoms with Crippen LogP contribution < -0.4 is 0 Å². The number of esters is 2. The summed E-state index contributed by atoms with van der Waals surface area (Å²) in [6.07, 6.45) is 1.12. The number of rotatable bonds is 5. The van der Waals surface area contributed by atoms with Crippen molar-refractivity contribution < 1.29 is 32.3 Å². The fourth-order valence-corrected chi connectivity index (χ4v) is 3.34. The van der Waals surface area contributed by atoms with Gasteiger partial charge in [0.2, 0.25) is 10.0 Å². The van der Waals surface area contributed by atoms with Crippen LogP contribution in [0.3, 0.4) is 0 Å². The highest BCUT2D eigenvalue weighted by atomic mass is 32.2. The number of carbonyl (C=O) groups excluding carboxylic acids is 3. The first-order valence-corrected chi connectivity index (χ1v) is 9.66. The molecule has 26 heavy (non-hydrogen) atoms.